The summed E-state index contributed by atoms with van der Waals surface area (Å²) in [5, 5.41) is 11.5. The zero-order chi connectivity index (χ0) is 19.7. The Hall–Kier alpha value is -2.33. The molecule has 2 aromatic carbocycles. The summed E-state index contributed by atoms with van der Waals surface area (Å²) in [6, 6.07) is 16.1. The summed E-state index contributed by atoms with van der Waals surface area (Å²) in [6.45, 7) is 4.46. The van der Waals surface area contributed by atoms with Crippen molar-refractivity contribution in [3.05, 3.63) is 70.8 Å². The van der Waals surface area contributed by atoms with Crippen molar-refractivity contribution in [3.8, 4) is 0 Å². The van der Waals surface area contributed by atoms with Gasteiger partial charge in [0.05, 0.1) is 5.60 Å². The summed E-state index contributed by atoms with van der Waals surface area (Å²) < 4.78 is 5.62. The summed E-state index contributed by atoms with van der Waals surface area (Å²) in [6.07, 6.45) is 3.84. The lowest BCUT2D eigenvalue weighted by atomic mass is 9.72. The number of aryl methyl sites for hydroxylation is 2. The van der Waals surface area contributed by atoms with Crippen molar-refractivity contribution < 1.29 is 14.6 Å². The first-order valence-corrected chi connectivity index (χ1v) is 10.3. The Morgan fingerprint density at radius 2 is 1.75 bits per heavy atom. The second-order valence-corrected chi connectivity index (χ2v) is 8.42. The fourth-order valence-corrected chi connectivity index (χ4v) is 4.79. The summed E-state index contributed by atoms with van der Waals surface area (Å²) in [5.74, 6) is 0. The molecule has 1 amide bonds. The number of fused-ring (bicyclic) bond motifs is 2. The Bertz CT molecular complexity index is 834. The average molecular weight is 380 g/mol. The van der Waals surface area contributed by atoms with E-state index in [9.17, 15) is 9.90 Å². The van der Waals surface area contributed by atoms with E-state index in [1.54, 1.807) is 0 Å². The van der Waals surface area contributed by atoms with Gasteiger partial charge in [-0.1, -0.05) is 48.5 Å². The first-order chi connectivity index (χ1) is 13.5. The first kappa shape index (κ1) is 19.0. The largest absolute Gasteiger partial charge is 0.445 e. The van der Waals surface area contributed by atoms with Gasteiger partial charge in [-0.2, -0.15) is 0 Å². The monoisotopic (exact) mass is 379 g/mol. The predicted molar refractivity (Wildman–Crippen MR) is 109 cm³/mol. The number of ether oxygens (including phenoxy) is 1. The summed E-state index contributed by atoms with van der Waals surface area (Å²) in [5.41, 5.74) is 3.52. The molecule has 2 aromatic rings. The van der Waals surface area contributed by atoms with Gasteiger partial charge in [0.15, 0.2) is 0 Å². The summed E-state index contributed by atoms with van der Waals surface area (Å²) in [7, 11) is 0. The van der Waals surface area contributed by atoms with Crippen LogP contribution in [0.1, 0.15) is 54.4 Å². The van der Waals surface area contributed by atoms with Crippen LogP contribution in [0.5, 0.6) is 0 Å². The molecule has 0 saturated carbocycles. The zero-order valence-electron chi connectivity index (χ0n) is 16.7. The number of nitrogens with zero attached hydrogens (tertiary/aromatic N) is 1. The molecule has 2 bridgehead atoms. The van der Waals surface area contributed by atoms with Crippen molar-refractivity contribution in [2.24, 2.45) is 0 Å². The number of benzene rings is 2. The minimum Gasteiger partial charge on any atom is -0.445 e. The second-order valence-electron chi connectivity index (χ2n) is 8.42. The van der Waals surface area contributed by atoms with Crippen molar-refractivity contribution in [1.82, 2.24) is 4.90 Å². The van der Waals surface area contributed by atoms with Gasteiger partial charge >= 0.3 is 6.09 Å². The minimum absolute atomic E-state index is 0.0300. The van der Waals surface area contributed by atoms with Crippen LogP contribution in [-0.4, -0.2) is 28.2 Å². The molecular formula is C24H29NO3. The summed E-state index contributed by atoms with van der Waals surface area (Å²) >= 11 is 0. The molecule has 4 heteroatoms. The van der Waals surface area contributed by atoms with Crippen molar-refractivity contribution in [2.75, 3.05) is 0 Å². The number of rotatable bonds is 3. The highest BCUT2D eigenvalue weighted by Gasteiger charge is 2.48. The van der Waals surface area contributed by atoms with Gasteiger partial charge in [-0.3, -0.25) is 0 Å². The Kier molecular flexibility index (Phi) is 5.15. The maximum atomic E-state index is 12.9. The smallest absolute Gasteiger partial charge is 0.410 e. The van der Waals surface area contributed by atoms with E-state index < -0.39 is 5.60 Å². The quantitative estimate of drug-likeness (QED) is 0.830. The normalized spacial score (nSPS) is 26.8. The Labute approximate surface area is 167 Å². The number of hydrogen-bond donors (Lipinski definition) is 1. The molecule has 4 rings (SSSR count). The number of carbonyl (C=O) groups excluding carboxylic acids is 1. The van der Waals surface area contributed by atoms with Crippen molar-refractivity contribution in [1.29, 1.82) is 0 Å². The van der Waals surface area contributed by atoms with Gasteiger partial charge in [-0.15, -0.1) is 0 Å². The van der Waals surface area contributed by atoms with Crippen LogP contribution in [0.2, 0.25) is 0 Å². The topological polar surface area (TPSA) is 49.8 Å². The zero-order valence-corrected chi connectivity index (χ0v) is 16.7. The van der Waals surface area contributed by atoms with E-state index in [-0.39, 0.29) is 24.8 Å². The van der Waals surface area contributed by atoms with E-state index >= 15 is 0 Å². The molecule has 2 heterocycles. The molecular weight excluding hydrogens is 350 g/mol. The molecule has 0 radical (unpaired) electrons. The number of amides is 1. The molecule has 2 atom stereocenters. The molecule has 0 aliphatic carbocycles. The number of aliphatic hydroxyl groups is 1. The van der Waals surface area contributed by atoms with Crippen molar-refractivity contribution in [2.45, 2.75) is 70.2 Å². The van der Waals surface area contributed by atoms with Crippen LogP contribution in [0.4, 0.5) is 4.79 Å². The van der Waals surface area contributed by atoms with Crippen LogP contribution < -0.4 is 0 Å². The lowest BCUT2D eigenvalue weighted by Crippen LogP contribution is -2.58. The third-order valence-corrected chi connectivity index (χ3v) is 6.47. The number of hydrogen-bond acceptors (Lipinski definition) is 3. The second kappa shape index (κ2) is 7.59. The predicted octanol–water partition coefficient (Wildman–Crippen LogP) is 4.84. The molecule has 2 unspecified atom stereocenters. The lowest BCUT2D eigenvalue weighted by Gasteiger charge is -2.51. The first-order valence-electron chi connectivity index (χ1n) is 10.3. The molecule has 4 nitrogen and oxygen atoms in total. The van der Waals surface area contributed by atoms with Crippen LogP contribution in [0.15, 0.2) is 48.5 Å². The molecule has 148 valence electrons. The average Bonchev–Trinajstić information content (AvgIpc) is 2.68. The summed E-state index contributed by atoms with van der Waals surface area (Å²) in [4.78, 5) is 14.8. The van der Waals surface area contributed by atoms with Gasteiger partial charge in [0.1, 0.15) is 6.61 Å². The van der Waals surface area contributed by atoms with E-state index in [4.69, 9.17) is 4.74 Å². The molecule has 2 saturated heterocycles. The Morgan fingerprint density at radius 3 is 2.39 bits per heavy atom. The molecule has 0 aromatic heterocycles. The SMILES string of the molecule is Cc1ccc(C2(O)CC3CCCC(C2)N3C(=O)OCc2ccccc2)cc1C. The van der Waals surface area contributed by atoms with Gasteiger partial charge in [0.2, 0.25) is 0 Å². The third-order valence-electron chi connectivity index (χ3n) is 6.47. The van der Waals surface area contributed by atoms with Crippen LogP contribution in [0, 0.1) is 13.8 Å². The molecule has 1 N–H and O–H groups in total. The van der Waals surface area contributed by atoms with Crippen LogP contribution in [0.3, 0.4) is 0 Å². The van der Waals surface area contributed by atoms with E-state index in [1.807, 2.05) is 41.3 Å². The Balaban J connectivity index is 1.50. The highest BCUT2D eigenvalue weighted by molar-refractivity contribution is 5.69. The molecule has 2 aliphatic heterocycles. The fourth-order valence-electron chi connectivity index (χ4n) is 4.79. The van der Waals surface area contributed by atoms with Gasteiger partial charge in [0, 0.05) is 24.9 Å². The molecule has 2 fully saturated rings. The molecule has 2 aliphatic rings. The van der Waals surface area contributed by atoms with Crippen molar-refractivity contribution >= 4 is 6.09 Å². The van der Waals surface area contributed by atoms with Crippen LogP contribution in [-0.2, 0) is 16.9 Å². The maximum Gasteiger partial charge on any atom is 0.410 e. The van der Waals surface area contributed by atoms with Gasteiger partial charge in [-0.05, 0) is 55.4 Å². The Morgan fingerprint density at radius 1 is 1.07 bits per heavy atom. The van der Waals surface area contributed by atoms with Crippen LogP contribution in [0.25, 0.3) is 0 Å². The number of piperidine rings is 2. The van der Waals surface area contributed by atoms with Gasteiger partial charge in [0.25, 0.3) is 0 Å². The van der Waals surface area contributed by atoms with Crippen LogP contribution >= 0.6 is 0 Å². The van der Waals surface area contributed by atoms with Crippen molar-refractivity contribution in [3.63, 3.8) is 0 Å². The lowest BCUT2D eigenvalue weighted by molar-refractivity contribution is -0.0896. The standard InChI is InChI=1S/C24H29NO3/c1-17-11-12-20(13-18(17)2)24(27)14-21-9-6-10-22(15-24)25(21)23(26)28-16-19-7-4-3-5-8-19/h3-5,7-8,11-13,21-22,27H,6,9-10,14-16H2,1-2H3. The molecule has 0 spiro atoms. The van der Waals surface area contributed by atoms with E-state index in [0.29, 0.717) is 12.8 Å². The highest BCUT2D eigenvalue weighted by Crippen LogP contribution is 2.44. The van der Waals surface area contributed by atoms with Gasteiger partial charge < -0.3 is 14.7 Å². The fraction of sp³-hybridized carbons (Fsp3) is 0.458. The maximum absolute atomic E-state index is 12.9. The number of carbonyl (C=O) groups is 1. The third kappa shape index (κ3) is 3.66. The van der Waals surface area contributed by atoms with E-state index in [1.165, 1.54) is 11.1 Å². The van der Waals surface area contributed by atoms with E-state index in [0.717, 1.165) is 30.4 Å². The minimum atomic E-state index is -0.871. The molecule has 28 heavy (non-hydrogen) atoms. The highest BCUT2D eigenvalue weighted by atomic mass is 16.6. The van der Waals surface area contributed by atoms with E-state index in [2.05, 4.69) is 26.0 Å². The van der Waals surface area contributed by atoms with Gasteiger partial charge in [-0.25, -0.2) is 4.79 Å².